The average molecular weight is 289 g/mol. The Kier molecular flexibility index (Phi) is 4.80. The molecule has 0 bridgehead atoms. The van der Waals surface area contributed by atoms with E-state index in [-0.39, 0.29) is 18.1 Å². The molecule has 0 aliphatic rings. The van der Waals surface area contributed by atoms with Gasteiger partial charge in [0.05, 0.1) is 14.8 Å². The molecule has 0 aliphatic heterocycles. The Balaban J connectivity index is 0.00000144. The fourth-order valence-corrected chi connectivity index (χ4v) is 2.93. The van der Waals surface area contributed by atoms with E-state index in [1.54, 1.807) is 17.4 Å². The predicted molar refractivity (Wildman–Crippen MR) is 73.2 cm³/mol. The summed E-state index contributed by atoms with van der Waals surface area (Å²) in [4.78, 5) is 10.9. The maximum absolute atomic E-state index is 10.5. The van der Waals surface area contributed by atoms with E-state index in [9.17, 15) is 10.1 Å². The fourth-order valence-electron chi connectivity index (χ4n) is 1.17. The zero-order valence-electron chi connectivity index (χ0n) is 8.53. The number of hydrogen-bond donors (Lipinski definition) is 1. The van der Waals surface area contributed by atoms with Gasteiger partial charge >= 0.3 is 0 Å². The van der Waals surface area contributed by atoms with Crippen molar-refractivity contribution in [2.75, 3.05) is 5.73 Å². The van der Waals surface area contributed by atoms with E-state index in [0.29, 0.717) is 5.69 Å². The Morgan fingerprint density at radius 1 is 1.35 bits per heavy atom. The first-order valence-corrected chi connectivity index (χ1v) is 6.12. The lowest BCUT2D eigenvalue weighted by Crippen LogP contribution is -1.92. The van der Waals surface area contributed by atoms with E-state index in [4.69, 9.17) is 5.73 Å². The molecular formula is C10H9ClN2O2S2. The molecule has 1 aromatic heterocycles. The van der Waals surface area contributed by atoms with Crippen molar-refractivity contribution in [1.29, 1.82) is 0 Å². The number of nitrogen functional groups attached to an aromatic ring is 1. The SMILES string of the molecule is Cl.Nc1cc([N+](=O)[O-])ccc1Sc1cccs1. The van der Waals surface area contributed by atoms with Gasteiger partial charge in [-0.25, -0.2) is 0 Å². The van der Waals surface area contributed by atoms with Crippen LogP contribution in [0.2, 0.25) is 0 Å². The van der Waals surface area contributed by atoms with Crippen molar-refractivity contribution in [3.8, 4) is 0 Å². The van der Waals surface area contributed by atoms with E-state index < -0.39 is 4.92 Å². The van der Waals surface area contributed by atoms with Crippen molar-refractivity contribution >= 4 is 46.9 Å². The van der Waals surface area contributed by atoms with Crippen LogP contribution in [0.5, 0.6) is 0 Å². The van der Waals surface area contributed by atoms with Crippen molar-refractivity contribution in [3.05, 3.63) is 45.8 Å². The van der Waals surface area contributed by atoms with E-state index in [0.717, 1.165) is 9.10 Å². The maximum Gasteiger partial charge on any atom is 0.271 e. The van der Waals surface area contributed by atoms with Gasteiger partial charge in [0.25, 0.3) is 5.69 Å². The molecule has 17 heavy (non-hydrogen) atoms. The summed E-state index contributed by atoms with van der Waals surface area (Å²) < 4.78 is 1.11. The van der Waals surface area contributed by atoms with Crippen LogP contribution >= 0.6 is 35.5 Å². The van der Waals surface area contributed by atoms with Gasteiger partial charge < -0.3 is 5.73 Å². The highest BCUT2D eigenvalue weighted by Crippen LogP contribution is 2.36. The van der Waals surface area contributed by atoms with Crippen LogP contribution < -0.4 is 5.73 Å². The first kappa shape index (κ1) is 13.8. The zero-order valence-corrected chi connectivity index (χ0v) is 11.0. The summed E-state index contributed by atoms with van der Waals surface area (Å²) in [6.45, 7) is 0. The van der Waals surface area contributed by atoms with Crippen LogP contribution in [0.4, 0.5) is 11.4 Å². The molecule has 0 saturated carbocycles. The van der Waals surface area contributed by atoms with Crippen molar-refractivity contribution < 1.29 is 4.92 Å². The molecule has 0 aliphatic carbocycles. The summed E-state index contributed by atoms with van der Waals surface area (Å²) in [5, 5.41) is 12.5. The standard InChI is InChI=1S/C10H8N2O2S2.ClH/c11-8-6-7(12(13)14)3-4-9(8)16-10-2-1-5-15-10;/h1-6H,11H2;1H. The third-order valence-corrected chi connectivity index (χ3v) is 4.04. The number of nitro groups is 1. The number of thiophene rings is 1. The molecule has 0 fully saturated rings. The molecular weight excluding hydrogens is 280 g/mol. The van der Waals surface area contributed by atoms with Gasteiger partial charge in [0.2, 0.25) is 0 Å². The first-order valence-electron chi connectivity index (χ1n) is 4.42. The third-order valence-electron chi connectivity index (χ3n) is 1.91. The van der Waals surface area contributed by atoms with Gasteiger partial charge in [-0.1, -0.05) is 17.8 Å². The molecule has 4 nitrogen and oxygen atoms in total. The highest BCUT2D eigenvalue weighted by molar-refractivity contribution is 8.01. The number of halogens is 1. The zero-order chi connectivity index (χ0) is 11.5. The molecule has 2 N–H and O–H groups in total. The summed E-state index contributed by atoms with van der Waals surface area (Å²) in [6.07, 6.45) is 0. The van der Waals surface area contributed by atoms with Crippen LogP contribution in [-0.4, -0.2) is 4.92 Å². The molecule has 7 heteroatoms. The molecule has 0 saturated heterocycles. The molecule has 0 radical (unpaired) electrons. The van der Waals surface area contributed by atoms with Gasteiger partial charge in [-0.2, -0.15) is 0 Å². The molecule has 0 spiro atoms. The molecule has 2 rings (SSSR count). The molecule has 2 aromatic rings. The Morgan fingerprint density at radius 3 is 2.65 bits per heavy atom. The monoisotopic (exact) mass is 288 g/mol. The van der Waals surface area contributed by atoms with Gasteiger partial charge in [0.1, 0.15) is 0 Å². The van der Waals surface area contributed by atoms with Gasteiger partial charge in [-0.05, 0) is 17.5 Å². The molecule has 1 aromatic carbocycles. The van der Waals surface area contributed by atoms with Gasteiger partial charge in [-0.3, -0.25) is 10.1 Å². The number of nitrogens with zero attached hydrogens (tertiary/aromatic N) is 1. The molecule has 1 heterocycles. The molecule has 0 amide bonds. The quantitative estimate of drug-likeness (QED) is 0.530. The lowest BCUT2D eigenvalue weighted by Gasteiger charge is -2.02. The van der Waals surface area contributed by atoms with Crippen molar-refractivity contribution in [3.63, 3.8) is 0 Å². The van der Waals surface area contributed by atoms with Crippen LogP contribution in [0, 0.1) is 10.1 Å². The molecule has 90 valence electrons. The Labute approximate surface area is 112 Å². The minimum atomic E-state index is -0.448. The Morgan fingerprint density at radius 2 is 2.12 bits per heavy atom. The second-order valence-corrected chi connectivity index (χ2v) is 5.30. The number of anilines is 1. The lowest BCUT2D eigenvalue weighted by atomic mass is 10.3. The Hall–Kier alpha value is -1.24. The van der Waals surface area contributed by atoms with Gasteiger partial charge in [0, 0.05) is 17.0 Å². The number of nitro benzene ring substituents is 1. The summed E-state index contributed by atoms with van der Waals surface area (Å²) in [5.41, 5.74) is 6.21. The highest BCUT2D eigenvalue weighted by atomic mass is 35.5. The number of rotatable bonds is 3. The van der Waals surface area contributed by atoms with E-state index in [2.05, 4.69) is 0 Å². The normalized spacial score (nSPS) is 9.65. The van der Waals surface area contributed by atoms with Crippen LogP contribution in [0.25, 0.3) is 0 Å². The summed E-state index contributed by atoms with van der Waals surface area (Å²) in [5.74, 6) is 0. The maximum atomic E-state index is 10.5. The minimum Gasteiger partial charge on any atom is -0.398 e. The Bertz CT molecular complexity index is 517. The summed E-state index contributed by atoms with van der Waals surface area (Å²) in [6, 6.07) is 8.46. The average Bonchev–Trinajstić information content (AvgIpc) is 2.73. The van der Waals surface area contributed by atoms with E-state index >= 15 is 0 Å². The minimum absolute atomic E-state index is 0. The number of hydrogen-bond acceptors (Lipinski definition) is 5. The number of nitrogens with two attached hydrogens (primary N) is 1. The second-order valence-electron chi connectivity index (χ2n) is 3.01. The predicted octanol–water partition coefficient (Wildman–Crippen LogP) is 3.81. The third kappa shape index (κ3) is 3.36. The molecule has 0 atom stereocenters. The highest BCUT2D eigenvalue weighted by Gasteiger charge is 2.09. The van der Waals surface area contributed by atoms with E-state index in [1.165, 1.54) is 23.9 Å². The summed E-state index contributed by atoms with van der Waals surface area (Å²) in [7, 11) is 0. The van der Waals surface area contributed by atoms with Crippen molar-refractivity contribution in [2.24, 2.45) is 0 Å². The van der Waals surface area contributed by atoms with E-state index in [1.807, 2.05) is 17.5 Å². The molecule has 0 unspecified atom stereocenters. The smallest absolute Gasteiger partial charge is 0.271 e. The van der Waals surface area contributed by atoms with Crippen molar-refractivity contribution in [2.45, 2.75) is 9.10 Å². The first-order chi connectivity index (χ1) is 7.66. The van der Waals surface area contributed by atoms with Crippen LogP contribution in [0.1, 0.15) is 0 Å². The fraction of sp³-hybridized carbons (Fsp3) is 0. The van der Waals surface area contributed by atoms with Crippen LogP contribution in [0.15, 0.2) is 44.8 Å². The number of non-ortho nitro benzene ring substituents is 1. The van der Waals surface area contributed by atoms with Gasteiger partial charge in [-0.15, -0.1) is 23.7 Å². The van der Waals surface area contributed by atoms with Crippen LogP contribution in [0.3, 0.4) is 0 Å². The lowest BCUT2D eigenvalue weighted by molar-refractivity contribution is -0.384. The summed E-state index contributed by atoms with van der Waals surface area (Å²) >= 11 is 3.12. The van der Waals surface area contributed by atoms with Gasteiger partial charge in [0.15, 0.2) is 0 Å². The van der Waals surface area contributed by atoms with Crippen LogP contribution in [-0.2, 0) is 0 Å². The second kappa shape index (κ2) is 5.90. The number of benzene rings is 1. The van der Waals surface area contributed by atoms with Crippen molar-refractivity contribution in [1.82, 2.24) is 0 Å². The topological polar surface area (TPSA) is 69.2 Å². The largest absolute Gasteiger partial charge is 0.398 e.